The third-order valence-electron chi connectivity index (χ3n) is 3.41. The van der Waals surface area contributed by atoms with E-state index in [1.165, 1.54) is 0 Å². The van der Waals surface area contributed by atoms with E-state index in [1.807, 2.05) is 37.3 Å². The van der Waals surface area contributed by atoms with Crippen LogP contribution >= 0.6 is 0 Å². The third-order valence-corrected chi connectivity index (χ3v) is 3.41. The molecule has 0 radical (unpaired) electrons. The molecule has 1 heterocycles. The highest BCUT2D eigenvalue weighted by molar-refractivity contribution is 5.77. The van der Waals surface area contributed by atoms with Crippen molar-refractivity contribution in [1.29, 1.82) is 0 Å². The Hall–Kier alpha value is -1.39. The second-order valence-electron chi connectivity index (χ2n) is 4.96. The highest BCUT2D eigenvalue weighted by atomic mass is 16.5. The molecule has 1 atom stereocenters. The van der Waals surface area contributed by atoms with Gasteiger partial charge in [0, 0.05) is 0 Å². The maximum atomic E-state index is 11.8. The number of nitrogens with one attached hydrogen (secondary N) is 2. The molecular formula is C15H22N2O2. The molecule has 4 heteroatoms. The summed E-state index contributed by atoms with van der Waals surface area (Å²) in [4.78, 5) is 11.8. The lowest BCUT2D eigenvalue weighted by Gasteiger charge is -2.23. The number of ether oxygens (including phenoxy) is 1. The lowest BCUT2D eigenvalue weighted by Crippen LogP contribution is -2.36. The van der Waals surface area contributed by atoms with Crippen molar-refractivity contribution < 1.29 is 9.53 Å². The molecule has 0 saturated carbocycles. The molecule has 1 saturated heterocycles. The van der Waals surface area contributed by atoms with Crippen molar-refractivity contribution in [3.8, 4) is 0 Å². The molecule has 0 aromatic heterocycles. The average molecular weight is 262 g/mol. The minimum atomic E-state index is -0.0464. The van der Waals surface area contributed by atoms with Gasteiger partial charge >= 0.3 is 0 Å². The standard InChI is InChI=1S/C15H22N2O2/c1-12(13-5-3-2-4-6-13)17-15(18)11-19-14-7-9-16-10-8-14/h2-6,12,14,16H,7-11H2,1H3,(H,17,18). The van der Waals surface area contributed by atoms with Crippen LogP contribution in [-0.2, 0) is 9.53 Å². The molecule has 1 aromatic carbocycles. The number of rotatable bonds is 5. The Morgan fingerprint density at radius 3 is 2.74 bits per heavy atom. The first-order valence-corrected chi connectivity index (χ1v) is 6.92. The van der Waals surface area contributed by atoms with Gasteiger partial charge < -0.3 is 15.4 Å². The normalized spacial score (nSPS) is 17.9. The van der Waals surface area contributed by atoms with Gasteiger partial charge in [0.05, 0.1) is 12.1 Å². The zero-order chi connectivity index (χ0) is 13.5. The van der Waals surface area contributed by atoms with E-state index in [9.17, 15) is 4.79 Å². The second kappa shape index (κ2) is 7.26. The summed E-state index contributed by atoms with van der Waals surface area (Å²) in [6.45, 7) is 4.10. The number of piperidine rings is 1. The quantitative estimate of drug-likeness (QED) is 0.848. The largest absolute Gasteiger partial charge is 0.368 e. The van der Waals surface area contributed by atoms with E-state index in [4.69, 9.17) is 4.74 Å². The van der Waals surface area contributed by atoms with Crippen molar-refractivity contribution in [3.63, 3.8) is 0 Å². The first-order valence-electron chi connectivity index (χ1n) is 6.92. The van der Waals surface area contributed by atoms with E-state index in [2.05, 4.69) is 10.6 Å². The zero-order valence-electron chi connectivity index (χ0n) is 11.4. The minimum Gasteiger partial charge on any atom is -0.368 e. The number of benzene rings is 1. The van der Waals surface area contributed by atoms with Crippen molar-refractivity contribution in [3.05, 3.63) is 35.9 Å². The number of hydrogen-bond donors (Lipinski definition) is 2. The van der Waals surface area contributed by atoms with Gasteiger partial charge in [0.1, 0.15) is 6.61 Å². The summed E-state index contributed by atoms with van der Waals surface area (Å²) in [5.74, 6) is -0.0464. The number of carbonyl (C=O) groups excluding carboxylic acids is 1. The zero-order valence-corrected chi connectivity index (χ0v) is 11.4. The van der Waals surface area contributed by atoms with E-state index < -0.39 is 0 Å². The Kier molecular flexibility index (Phi) is 5.36. The highest BCUT2D eigenvalue weighted by Gasteiger charge is 2.15. The van der Waals surface area contributed by atoms with Crippen LogP contribution in [-0.4, -0.2) is 31.7 Å². The predicted molar refractivity (Wildman–Crippen MR) is 74.8 cm³/mol. The summed E-state index contributed by atoms with van der Waals surface area (Å²) >= 11 is 0. The van der Waals surface area contributed by atoms with Gasteiger partial charge in [-0.05, 0) is 38.4 Å². The van der Waals surface area contributed by atoms with Gasteiger partial charge in [-0.1, -0.05) is 30.3 Å². The minimum absolute atomic E-state index is 0.0188. The molecule has 19 heavy (non-hydrogen) atoms. The Morgan fingerprint density at radius 1 is 1.37 bits per heavy atom. The molecule has 1 unspecified atom stereocenters. The molecular weight excluding hydrogens is 240 g/mol. The van der Waals surface area contributed by atoms with Gasteiger partial charge in [-0.25, -0.2) is 0 Å². The highest BCUT2D eigenvalue weighted by Crippen LogP contribution is 2.11. The molecule has 1 aliphatic heterocycles. The lowest BCUT2D eigenvalue weighted by atomic mass is 10.1. The van der Waals surface area contributed by atoms with E-state index >= 15 is 0 Å². The average Bonchev–Trinajstić information content (AvgIpc) is 2.47. The SMILES string of the molecule is CC(NC(=O)COC1CCNCC1)c1ccccc1. The van der Waals surface area contributed by atoms with Crippen molar-refractivity contribution >= 4 is 5.91 Å². The molecule has 1 aromatic rings. The van der Waals surface area contributed by atoms with Crippen LogP contribution in [0.4, 0.5) is 0 Å². The molecule has 0 spiro atoms. The van der Waals surface area contributed by atoms with Gasteiger partial charge in [0.2, 0.25) is 5.91 Å². The predicted octanol–water partition coefficient (Wildman–Crippen LogP) is 1.63. The van der Waals surface area contributed by atoms with Gasteiger partial charge in [-0.3, -0.25) is 4.79 Å². The topological polar surface area (TPSA) is 50.4 Å². The first-order chi connectivity index (χ1) is 9.25. The van der Waals surface area contributed by atoms with Crippen LogP contribution in [0.5, 0.6) is 0 Å². The maximum absolute atomic E-state index is 11.8. The van der Waals surface area contributed by atoms with Crippen molar-refractivity contribution in [2.75, 3.05) is 19.7 Å². The smallest absolute Gasteiger partial charge is 0.246 e. The Labute approximate surface area is 114 Å². The van der Waals surface area contributed by atoms with Gasteiger partial charge in [-0.2, -0.15) is 0 Å². The summed E-state index contributed by atoms with van der Waals surface area (Å²) in [5, 5.41) is 6.23. The van der Waals surface area contributed by atoms with Crippen LogP contribution in [0.1, 0.15) is 31.4 Å². The summed E-state index contributed by atoms with van der Waals surface area (Å²) in [7, 11) is 0. The van der Waals surface area contributed by atoms with E-state index in [0.717, 1.165) is 31.5 Å². The molecule has 4 nitrogen and oxygen atoms in total. The number of carbonyl (C=O) groups is 1. The van der Waals surface area contributed by atoms with Crippen molar-refractivity contribution in [2.24, 2.45) is 0 Å². The summed E-state index contributed by atoms with van der Waals surface area (Å²) in [6, 6.07) is 9.97. The van der Waals surface area contributed by atoms with Gasteiger partial charge in [0.15, 0.2) is 0 Å². The third kappa shape index (κ3) is 4.65. The van der Waals surface area contributed by atoms with Gasteiger partial charge in [0.25, 0.3) is 0 Å². The van der Waals surface area contributed by atoms with Crippen LogP contribution < -0.4 is 10.6 Å². The number of amides is 1. The molecule has 104 valence electrons. The lowest BCUT2D eigenvalue weighted by molar-refractivity contribution is -0.128. The Morgan fingerprint density at radius 2 is 2.05 bits per heavy atom. The van der Waals surface area contributed by atoms with Crippen molar-refractivity contribution in [2.45, 2.75) is 31.9 Å². The molecule has 0 aliphatic carbocycles. The first kappa shape index (κ1) is 14.0. The summed E-state index contributed by atoms with van der Waals surface area (Å²) in [5.41, 5.74) is 1.11. The molecule has 2 rings (SSSR count). The van der Waals surface area contributed by atoms with Crippen LogP contribution in [0.3, 0.4) is 0 Å². The molecule has 1 fully saturated rings. The fourth-order valence-corrected chi connectivity index (χ4v) is 2.26. The molecule has 1 amide bonds. The Bertz CT molecular complexity index is 388. The van der Waals surface area contributed by atoms with E-state index in [0.29, 0.717) is 0 Å². The number of hydrogen-bond acceptors (Lipinski definition) is 3. The molecule has 0 bridgehead atoms. The fraction of sp³-hybridized carbons (Fsp3) is 0.533. The monoisotopic (exact) mass is 262 g/mol. The van der Waals surface area contributed by atoms with Crippen LogP contribution in [0, 0.1) is 0 Å². The van der Waals surface area contributed by atoms with E-state index in [-0.39, 0.29) is 24.7 Å². The fourth-order valence-electron chi connectivity index (χ4n) is 2.26. The van der Waals surface area contributed by atoms with Gasteiger partial charge in [-0.15, -0.1) is 0 Å². The van der Waals surface area contributed by atoms with E-state index in [1.54, 1.807) is 0 Å². The summed E-state index contributed by atoms with van der Waals surface area (Å²) in [6.07, 6.45) is 2.20. The van der Waals surface area contributed by atoms with Crippen molar-refractivity contribution in [1.82, 2.24) is 10.6 Å². The Balaban J connectivity index is 1.71. The second-order valence-corrected chi connectivity index (χ2v) is 4.96. The maximum Gasteiger partial charge on any atom is 0.246 e. The summed E-state index contributed by atoms with van der Waals surface area (Å²) < 4.78 is 5.63. The van der Waals surface area contributed by atoms with Crippen LogP contribution in [0.15, 0.2) is 30.3 Å². The van der Waals surface area contributed by atoms with Crippen LogP contribution in [0.25, 0.3) is 0 Å². The molecule has 2 N–H and O–H groups in total. The van der Waals surface area contributed by atoms with Crippen LogP contribution in [0.2, 0.25) is 0 Å². The molecule has 1 aliphatic rings.